The van der Waals surface area contributed by atoms with Crippen LogP contribution >= 0.6 is 11.6 Å². The highest BCUT2D eigenvalue weighted by Crippen LogP contribution is 2.15. The fraction of sp³-hybridized carbons (Fsp3) is 0.182. The van der Waals surface area contributed by atoms with Crippen molar-refractivity contribution >= 4 is 11.6 Å². The van der Waals surface area contributed by atoms with E-state index in [1.54, 1.807) is 0 Å². The quantitative estimate of drug-likeness (QED) is 0.739. The minimum atomic E-state index is 0.730. The molecule has 0 aliphatic carbocycles. The van der Waals surface area contributed by atoms with Gasteiger partial charge in [-0.05, 0) is 24.1 Å². The molecule has 1 aromatic carbocycles. The molecule has 2 nitrogen and oxygen atoms in total. The van der Waals surface area contributed by atoms with E-state index in [9.17, 15) is 0 Å². The Hall–Kier alpha value is -1.28. The number of rotatable bonds is 2. The summed E-state index contributed by atoms with van der Waals surface area (Å²) in [7, 11) is 0. The van der Waals surface area contributed by atoms with E-state index in [4.69, 9.17) is 11.6 Å². The Morgan fingerprint density at radius 3 is 2.79 bits per heavy atom. The highest BCUT2D eigenvalue weighted by molar-refractivity contribution is 6.31. The molecule has 0 amide bonds. The van der Waals surface area contributed by atoms with E-state index in [2.05, 4.69) is 5.10 Å². The molecular formula is C11H11ClN2. The van der Waals surface area contributed by atoms with Gasteiger partial charge in [-0.15, -0.1) is 0 Å². The molecule has 0 unspecified atom stereocenters. The predicted octanol–water partition coefficient (Wildman–Crippen LogP) is 2.89. The van der Waals surface area contributed by atoms with Crippen molar-refractivity contribution in [1.29, 1.82) is 0 Å². The van der Waals surface area contributed by atoms with Crippen molar-refractivity contribution in [3.63, 3.8) is 0 Å². The lowest BCUT2D eigenvalue weighted by Gasteiger charge is -2.03. The van der Waals surface area contributed by atoms with Crippen LogP contribution in [0.4, 0.5) is 0 Å². The van der Waals surface area contributed by atoms with Crippen LogP contribution in [0.25, 0.3) is 0 Å². The zero-order chi connectivity index (χ0) is 9.97. The molecule has 0 saturated carbocycles. The fourth-order valence-electron chi connectivity index (χ4n) is 1.35. The van der Waals surface area contributed by atoms with Crippen LogP contribution < -0.4 is 0 Å². The minimum Gasteiger partial charge on any atom is -0.268 e. The molecule has 2 aromatic rings. The highest BCUT2D eigenvalue weighted by Gasteiger charge is 2.00. The van der Waals surface area contributed by atoms with Crippen LogP contribution in [-0.2, 0) is 6.54 Å². The van der Waals surface area contributed by atoms with Crippen molar-refractivity contribution in [3.05, 3.63) is 52.8 Å². The zero-order valence-electron chi connectivity index (χ0n) is 7.94. The van der Waals surface area contributed by atoms with Gasteiger partial charge in [0.15, 0.2) is 0 Å². The first-order chi connectivity index (χ1) is 6.75. The molecule has 14 heavy (non-hydrogen) atoms. The summed E-state index contributed by atoms with van der Waals surface area (Å²) in [6, 6.07) is 7.82. The average molecular weight is 207 g/mol. The molecule has 0 atom stereocenters. The predicted molar refractivity (Wildman–Crippen MR) is 57.5 cm³/mol. The summed E-state index contributed by atoms with van der Waals surface area (Å²) >= 11 is 6.04. The number of nitrogens with zero attached hydrogens (tertiary/aromatic N) is 2. The Bertz CT molecular complexity index is 434. The van der Waals surface area contributed by atoms with Crippen LogP contribution in [-0.4, -0.2) is 9.78 Å². The Morgan fingerprint density at radius 2 is 2.14 bits per heavy atom. The van der Waals surface area contributed by atoms with E-state index in [0.717, 1.165) is 22.7 Å². The van der Waals surface area contributed by atoms with Crippen LogP contribution in [0.15, 0.2) is 36.7 Å². The number of benzene rings is 1. The monoisotopic (exact) mass is 206 g/mol. The third kappa shape index (κ3) is 1.96. The molecule has 1 aromatic heterocycles. The average Bonchev–Trinajstić information content (AvgIpc) is 2.56. The van der Waals surface area contributed by atoms with E-state index < -0.39 is 0 Å². The Morgan fingerprint density at radius 1 is 1.36 bits per heavy atom. The Balaban J connectivity index is 2.23. The fourth-order valence-corrected chi connectivity index (χ4v) is 1.55. The molecule has 0 saturated heterocycles. The van der Waals surface area contributed by atoms with E-state index >= 15 is 0 Å². The molecule has 2 rings (SSSR count). The SMILES string of the molecule is Cc1cnn(Cc2ccccc2Cl)c1. The smallest absolute Gasteiger partial charge is 0.0673 e. The van der Waals surface area contributed by atoms with Crippen LogP contribution in [0.1, 0.15) is 11.1 Å². The summed E-state index contributed by atoms with van der Waals surface area (Å²) in [4.78, 5) is 0. The largest absolute Gasteiger partial charge is 0.268 e. The van der Waals surface area contributed by atoms with Crippen molar-refractivity contribution in [1.82, 2.24) is 9.78 Å². The molecule has 0 spiro atoms. The van der Waals surface area contributed by atoms with E-state index in [1.165, 1.54) is 0 Å². The van der Waals surface area contributed by atoms with Crippen molar-refractivity contribution < 1.29 is 0 Å². The Kier molecular flexibility index (Phi) is 2.55. The third-order valence-electron chi connectivity index (χ3n) is 2.05. The van der Waals surface area contributed by atoms with Crippen molar-refractivity contribution in [3.8, 4) is 0 Å². The van der Waals surface area contributed by atoms with Crippen LogP contribution in [0, 0.1) is 6.92 Å². The first-order valence-corrected chi connectivity index (χ1v) is 4.86. The first-order valence-electron chi connectivity index (χ1n) is 4.48. The van der Waals surface area contributed by atoms with Crippen molar-refractivity contribution in [2.24, 2.45) is 0 Å². The van der Waals surface area contributed by atoms with Gasteiger partial charge in [-0.2, -0.15) is 5.10 Å². The molecule has 0 fully saturated rings. The van der Waals surface area contributed by atoms with E-state index in [0.29, 0.717) is 0 Å². The number of aryl methyl sites for hydroxylation is 1. The number of hydrogen-bond donors (Lipinski definition) is 0. The zero-order valence-corrected chi connectivity index (χ0v) is 8.70. The minimum absolute atomic E-state index is 0.730. The first kappa shape index (κ1) is 9.28. The van der Waals surface area contributed by atoms with E-state index in [1.807, 2.05) is 48.3 Å². The molecule has 3 heteroatoms. The highest BCUT2D eigenvalue weighted by atomic mass is 35.5. The van der Waals surface area contributed by atoms with Crippen molar-refractivity contribution in [2.75, 3.05) is 0 Å². The van der Waals surface area contributed by atoms with Gasteiger partial charge >= 0.3 is 0 Å². The van der Waals surface area contributed by atoms with Crippen LogP contribution in [0.3, 0.4) is 0 Å². The lowest BCUT2D eigenvalue weighted by molar-refractivity contribution is 0.686. The topological polar surface area (TPSA) is 17.8 Å². The molecule has 0 aliphatic heterocycles. The second-order valence-electron chi connectivity index (χ2n) is 3.31. The summed E-state index contributed by atoms with van der Waals surface area (Å²) in [6.07, 6.45) is 3.85. The number of hydrogen-bond acceptors (Lipinski definition) is 1. The van der Waals surface area contributed by atoms with Gasteiger partial charge in [0.05, 0.1) is 12.7 Å². The van der Waals surface area contributed by atoms with E-state index in [-0.39, 0.29) is 0 Å². The van der Waals surface area contributed by atoms with Crippen LogP contribution in [0.5, 0.6) is 0 Å². The summed E-state index contributed by atoms with van der Waals surface area (Å²) in [6.45, 7) is 2.75. The summed E-state index contributed by atoms with van der Waals surface area (Å²) < 4.78 is 1.89. The molecule has 1 heterocycles. The number of halogens is 1. The third-order valence-corrected chi connectivity index (χ3v) is 2.42. The normalized spacial score (nSPS) is 10.4. The maximum Gasteiger partial charge on any atom is 0.0673 e. The summed E-state index contributed by atoms with van der Waals surface area (Å²) in [5, 5.41) is 5.00. The van der Waals surface area contributed by atoms with Gasteiger partial charge in [-0.25, -0.2) is 0 Å². The second kappa shape index (κ2) is 3.84. The maximum atomic E-state index is 6.04. The molecular weight excluding hydrogens is 196 g/mol. The van der Waals surface area contributed by atoms with Crippen molar-refractivity contribution in [2.45, 2.75) is 13.5 Å². The molecule has 72 valence electrons. The van der Waals surface area contributed by atoms with Gasteiger partial charge < -0.3 is 0 Å². The van der Waals surface area contributed by atoms with Gasteiger partial charge in [-0.3, -0.25) is 4.68 Å². The standard InChI is InChI=1S/C11H11ClN2/c1-9-6-13-14(7-9)8-10-4-2-3-5-11(10)12/h2-7H,8H2,1H3. The van der Waals surface area contributed by atoms with Gasteiger partial charge in [0.25, 0.3) is 0 Å². The molecule has 0 bridgehead atoms. The molecule has 0 radical (unpaired) electrons. The molecule has 0 aliphatic rings. The summed E-state index contributed by atoms with van der Waals surface area (Å²) in [5.74, 6) is 0. The molecule has 0 N–H and O–H groups in total. The van der Waals surface area contributed by atoms with Gasteiger partial charge in [0.2, 0.25) is 0 Å². The van der Waals surface area contributed by atoms with Gasteiger partial charge in [0.1, 0.15) is 0 Å². The summed E-state index contributed by atoms with van der Waals surface area (Å²) in [5.41, 5.74) is 2.26. The Labute approximate surface area is 88.1 Å². The maximum absolute atomic E-state index is 6.04. The lowest BCUT2D eigenvalue weighted by Crippen LogP contribution is -2.00. The van der Waals surface area contributed by atoms with Crippen LogP contribution in [0.2, 0.25) is 5.02 Å². The van der Waals surface area contributed by atoms with Gasteiger partial charge in [0, 0.05) is 11.2 Å². The van der Waals surface area contributed by atoms with Gasteiger partial charge in [-0.1, -0.05) is 29.8 Å². The number of aromatic nitrogens is 2. The lowest BCUT2D eigenvalue weighted by atomic mass is 10.2. The second-order valence-corrected chi connectivity index (χ2v) is 3.71.